The molecule has 0 saturated carbocycles. The molecule has 2 heterocycles. The zero-order chi connectivity index (χ0) is 8.39. The van der Waals surface area contributed by atoms with Crippen molar-refractivity contribution in [3.8, 4) is 0 Å². The highest BCUT2D eigenvalue weighted by atomic mass is 32.1. The van der Waals surface area contributed by atoms with E-state index >= 15 is 0 Å². The van der Waals surface area contributed by atoms with E-state index in [0.717, 1.165) is 10.3 Å². The smallest absolute Gasteiger partial charge is 0.182 e. The van der Waals surface area contributed by atoms with Crippen LogP contribution in [0, 0.1) is 0 Å². The van der Waals surface area contributed by atoms with Crippen LogP contribution in [-0.4, -0.2) is 9.97 Å². The molecule has 0 aliphatic carbocycles. The summed E-state index contributed by atoms with van der Waals surface area (Å²) in [7, 11) is 0. The van der Waals surface area contributed by atoms with Crippen LogP contribution in [0.1, 0.15) is 0 Å². The summed E-state index contributed by atoms with van der Waals surface area (Å²) in [5.41, 5.74) is 8.92. The Balaban J connectivity index is 2.69. The molecule has 5 nitrogen and oxygen atoms in total. The third-order valence-electron chi connectivity index (χ3n) is 1.29. The van der Waals surface area contributed by atoms with Crippen molar-refractivity contribution in [3.63, 3.8) is 0 Å². The van der Waals surface area contributed by atoms with Crippen LogP contribution < -0.4 is 0 Å². The molecule has 2 aromatic heterocycles. The number of fused-ring (bicyclic) bond motifs is 1. The Bertz CT molecular complexity index is 423. The molecule has 0 spiro atoms. The van der Waals surface area contributed by atoms with Crippen LogP contribution in [0.25, 0.3) is 20.8 Å². The molecule has 0 radical (unpaired) electrons. The van der Waals surface area contributed by atoms with Gasteiger partial charge in [0.25, 0.3) is 0 Å². The van der Waals surface area contributed by atoms with E-state index in [0.29, 0.717) is 5.13 Å². The maximum atomic E-state index is 8.15. The zero-order valence-electron chi connectivity index (χ0n) is 5.88. The molecule has 0 bridgehead atoms. The van der Waals surface area contributed by atoms with Gasteiger partial charge in [-0.05, 0) is 22.8 Å². The van der Waals surface area contributed by atoms with Gasteiger partial charge in [0, 0.05) is 11.1 Å². The molecule has 0 fully saturated rings. The number of rotatable bonds is 1. The number of thiazole rings is 1. The summed E-state index contributed by atoms with van der Waals surface area (Å²) in [5, 5.41) is 3.80. The number of azide groups is 1. The number of pyridine rings is 1. The van der Waals surface area contributed by atoms with Gasteiger partial charge in [-0.25, -0.2) is 9.97 Å². The van der Waals surface area contributed by atoms with Crippen LogP contribution in [0.3, 0.4) is 0 Å². The topological polar surface area (TPSA) is 74.5 Å². The SMILES string of the molecule is [N-]=[N+]=Nc1nc2cccnc2s1. The maximum absolute atomic E-state index is 8.15. The van der Waals surface area contributed by atoms with Crippen molar-refractivity contribution in [3.05, 3.63) is 28.8 Å². The lowest BCUT2D eigenvalue weighted by atomic mass is 10.5. The first kappa shape index (κ1) is 7.02. The Labute approximate surface area is 71.3 Å². The van der Waals surface area contributed by atoms with Gasteiger partial charge in [-0.2, -0.15) is 0 Å². The fourth-order valence-corrected chi connectivity index (χ4v) is 1.57. The van der Waals surface area contributed by atoms with Crippen molar-refractivity contribution in [2.45, 2.75) is 0 Å². The lowest BCUT2D eigenvalue weighted by Crippen LogP contribution is -1.68. The third kappa shape index (κ3) is 1.09. The fraction of sp³-hybridized carbons (Fsp3) is 0. The van der Waals surface area contributed by atoms with Crippen molar-refractivity contribution >= 4 is 26.8 Å². The molecule has 0 aromatic carbocycles. The standard InChI is InChI=1S/C6H3N5S/c7-11-10-6-9-4-2-1-3-8-5(4)12-6/h1-3H. The molecule has 58 valence electrons. The van der Waals surface area contributed by atoms with Crippen LogP contribution in [0.4, 0.5) is 5.13 Å². The summed E-state index contributed by atoms with van der Waals surface area (Å²) in [4.78, 5) is 11.5. The van der Waals surface area contributed by atoms with E-state index in [9.17, 15) is 0 Å². The zero-order valence-corrected chi connectivity index (χ0v) is 6.69. The predicted molar refractivity (Wildman–Crippen MR) is 46.2 cm³/mol. The predicted octanol–water partition coefficient (Wildman–Crippen LogP) is 2.63. The van der Waals surface area contributed by atoms with Crippen molar-refractivity contribution < 1.29 is 0 Å². The number of nitrogens with zero attached hydrogens (tertiary/aromatic N) is 5. The summed E-state index contributed by atoms with van der Waals surface area (Å²) in [5.74, 6) is 0. The van der Waals surface area contributed by atoms with Crippen molar-refractivity contribution in [1.82, 2.24) is 9.97 Å². The molecule has 0 unspecified atom stereocenters. The molecule has 12 heavy (non-hydrogen) atoms. The van der Waals surface area contributed by atoms with Crippen LogP contribution in [0.15, 0.2) is 23.4 Å². The Kier molecular flexibility index (Phi) is 1.62. The second-order valence-corrected chi connectivity index (χ2v) is 2.97. The monoisotopic (exact) mass is 177 g/mol. The largest absolute Gasteiger partial charge is 0.244 e. The molecule has 0 atom stereocenters. The molecule has 0 saturated heterocycles. The van der Waals surface area contributed by atoms with Crippen LogP contribution in [0.5, 0.6) is 0 Å². The maximum Gasteiger partial charge on any atom is 0.182 e. The van der Waals surface area contributed by atoms with Crippen molar-refractivity contribution in [2.24, 2.45) is 5.11 Å². The van der Waals surface area contributed by atoms with Gasteiger partial charge in [0.1, 0.15) is 10.3 Å². The van der Waals surface area contributed by atoms with Crippen LogP contribution >= 0.6 is 11.3 Å². The highest BCUT2D eigenvalue weighted by Gasteiger charge is 2.00. The minimum absolute atomic E-state index is 0.409. The molecule has 2 rings (SSSR count). The Hall–Kier alpha value is -1.65. The van der Waals surface area contributed by atoms with E-state index in [-0.39, 0.29) is 0 Å². The molecular weight excluding hydrogens is 174 g/mol. The first-order valence-corrected chi connectivity index (χ1v) is 3.98. The van der Waals surface area contributed by atoms with Gasteiger partial charge in [0.15, 0.2) is 5.13 Å². The lowest BCUT2D eigenvalue weighted by Gasteiger charge is -1.79. The summed E-state index contributed by atoms with van der Waals surface area (Å²) in [6.45, 7) is 0. The summed E-state index contributed by atoms with van der Waals surface area (Å²) in [6, 6.07) is 3.62. The highest BCUT2D eigenvalue weighted by Crippen LogP contribution is 2.25. The van der Waals surface area contributed by atoms with Crippen LogP contribution in [-0.2, 0) is 0 Å². The summed E-state index contributed by atoms with van der Waals surface area (Å²) < 4.78 is 0. The van der Waals surface area contributed by atoms with Gasteiger partial charge in [-0.3, -0.25) is 0 Å². The van der Waals surface area contributed by atoms with Crippen LogP contribution in [0.2, 0.25) is 0 Å². The quantitative estimate of drug-likeness (QED) is 0.381. The summed E-state index contributed by atoms with van der Waals surface area (Å²) >= 11 is 1.28. The van der Waals surface area contributed by atoms with Crippen molar-refractivity contribution in [2.75, 3.05) is 0 Å². The van der Waals surface area contributed by atoms with Gasteiger partial charge in [0.05, 0.1) is 0 Å². The number of hydrogen-bond acceptors (Lipinski definition) is 4. The summed E-state index contributed by atoms with van der Waals surface area (Å²) in [6.07, 6.45) is 1.68. The average molecular weight is 177 g/mol. The second kappa shape index (κ2) is 2.77. The normalized spacial score (nSPS) is 9.67. The van der Waals surface area contributed by atoms with Crippen molar-refractivity contribution in [1.29, 1.82) is 0 Å². The van der Waals surface area contributed by atoms with E-state index in [1.807, 2.05) is 6.07 Å². The van der Waals surface area contributed by atoms with E-state index < -0.39 is 0 Å². The van der Waals surface area contributed by atoms with Gasteiger partial charge < -0.3 is 0 Å². The lowest BCUT2D eigenvalue weighted by molar-refractivity contribution is 1.36. The number of aromatic nitrogens is 2. The molecule has 0 aliphatic rings. The average Bonchev–Trinajstić information content (AvgIpc) is 2.47. The Morgan fingerprint density at radius 1 is 1.58 bits per heavy atom. The second-order valence-electron chi connectivity index (χ2n) is 2.01. The first-order chi connectivity index (χ1) is 5.90. The Morgan fingerprint density at radius 3 is 3.25 bits per heavy atom. The third-order valence-corrected chi connectivity index (χ3v) is 2.15. The van der Waals surface area contributed by atoms with Gasteiger partial charge in [0.2, 0.25) is 0 Å². The fourth-order valence-electron chi connectivity index (χ4n) is 0.839. The number of hydrogen-bond donors (Lipinski definition) is 0. The van der Waals surface area contributed by atoms with E-state index in [4.69, 9.17) is 5.53 Å². The van der Waals surface area contributed by atoms with E-state index in [1.54, 1.807) is 12.3 Å². The molecular formula is C6H3N5S. The minimum atomic E-state index is 0.409. The van der Waals surface area contributed by atoms with Gasteiger partial charge in [-0.15, -0.1) is 0 Å². The molecule has 2 aromatic rings. The molecule has 6 heteroatoms. The minimum Gasteiger partial charge on any atom is -0.244 e. The highest BCUT2D eigenvalue weighted by molar-refractivity contribution is 7.21. The molecule has 0 aliphatic heterocycles. The van der Waals surface area contributed by atoms with Gasteiger partial charge >= 0.3 is 0 Å². The Morgan fingerprint density at radius 2 is 2.50 bits per heavy atom. The van der Waals surface area contributed by atoms with Gasteiger partial charge in [-0.1, -0.05) is 11.3 Å². The molecule has 0 amide bonds. The molecule has 0 N–H and O–H groups in total. The van der Waals surface area contributed by atoms with E-state index in [1.165, 1.54) is 11.3 Å². The first-order valence-electron chi connectivity index (χ1n) is 3.17. The van der Waals surface area contributed by atoms with E-state index in [2.05, 4.69) is 20.0 Å².